The van der Waals surface area contributed by atoms with Crippen LogP contribution in [0.5, 0.6) is 11.5 Å². The number of phenolic OH excluding ortho intramolecular Hbond substituents is 2. The molecule has 0 heterocycles. The van der Waals surface area contributed by atoms with Gasteiger partial charge in [-0.05, 0) is 24.3 Å². The largest absolute Gasteiger partial charge is 0.507 e. The van der Waals surface area contributed by atoms with Gasteiger partial charge in [0, 0.05) is 23.6 Å². The summed E-state index contributed by atoms with van der Waals surface area (Å²) in [6.07, 6.45) is 3.26. The summed E-state index contributed by atoms with van der Waals surface area (Å²) in [6.45, 7) is 2.96. The second-order valence-corrected chi connectivity index (χ2v) is 27.6. The maximum Gasteiger partial charge on any atom is 0.124 e. The van der Waals surface area contributed by atoms with Gasteiger partial charge in [0.2, 0.25) is 0 Å². The van der Waals surface area contributed by atoms with Crippen LogP contribution in [-0.4, -0.2) is 50.7 Å². The van der Waals surface area contributed by atoms with Gasteiger partial charge in [0.25, 0.3) is 0 Å². The molecule has 8 heteroatoms. The van der Waals surface area contributed by atoms with E-state index in [1.807, 2.05) is 19.1 Å². The van der Waals surface area contributed by atoms with Gasteiger partial charge in [-0.3, -0.25) is 9.98 Å². The monoisotopic (exact) mass is 522 g/mol. The van der Waals surface area contributed by atoms with Crippen LogP contribution >= 0.6 is 26.8 Å². The number of halogens is 3. The molecule has 0 aliphatic carbocycles. The maximum atomic E-state index is 9.54. The van der Waals surface area contributed by atoms with Crippen molar-refractivity contribution in [2.75, 3.05) is 13.1 Å². The number of rotatable bonds is 6. The van der Waals surface area contributed by atoms with E-state index in [1.165, 1.54) is 0 Å². The van der Waals surface area contributed by atoms with E-state index in [4.69, 9.17) is 26.8 Å². The fourth-order valence-corrected chi connectivity index (χ4v) is 1.63. The van der Waals surface area contributed by atoms with Gasteiger partial charge in [-0.2, -0.15) is 0 Å². The third kappa shape index (κ3) is 10.3. The van der Waals surface area contributed by atoms with E-state index >= 15 is 0 Å². The van der Waals surface area contributed by atoms with Crippen LogP contribution in [0.4, 0.5) is 0 Å². The summed E-state index contributed by atoms with van der Waals surface area (Å²) in [5.41, 5.74) is 1.38. The predicted molar refractivity (Wildman–Crippen MR) is 115 cm³/mol. The SMILES string of the molecule is C[CH2][Sn]([Cl])([Cl])[Cl].Oc1ccccc1C=NCCN=Cc1ccccc1O. The van der Waals surface area contributed by atoms with Crippen molar-refractivity contribution >= 4 is 54.2 Å². The average molecular weight is 522 g/mol. The third-order valence-corrected chi connectivity index (χ3v) is 10.8. The van der Waals surface area contributed by atoms with Crippen molar-refractivity contribution in [3.05, 3.63) is 59.7 Å². The van der Waals surface area contributed by atoms with E-state index in [0.717, 1.165) is 4.44 Å². The summed E-state index contributed by atoms with van der Waals surface area (Å²) in [5, 5.41) is 19.1. The van der Waals surface area contributed by atoms with Crippen molar-refractivity contribution < 1.29 is 10.2 Å². The molecule has 2 aromatic rings. The smallest absolute Gasteiger partial charge is 0.124 e. The Balaban J connectivity index is 0.000000487. The number of aliphatic imine (C=N–C) groups is 2. The minimum Gasteiger partial charge on any atom is -0.507 e. The molecular formula is C18H21Cl3N2O2Sn. The Hall–Kier alpha value is -0.951. The molecule has 0 unspecified atom stereocenters. The molecule has 2 N–H and O–H groups in total. The van der Waals surface area contributed by atoms with Gasteiger partial charge in [-0.1, -0.05) is 24.3 Å². The van der Waals surface area contributed by atoms with Crippen molar-refractivity contribution in [1.29, 1.82) is 0 Å². The van der Waals surface area contributed by atoms with Crippen LogP contribution in [0.1, 0.15) is 18.1 Å². The van der Waals surface area contributed by atoms with Gasteiger partial charge in [0.15, 0.2) is 0 Å². The number of hydrogen-bond donors (Lipinski definition) is 2. The quantitative estimate of drug-likeness (QED) is 0.307. The maximum absolute atomic E-state index is 9.54. The van der Waals surface area contributed by atoms with Crippen LogP contribution in [0.25, 0.3) is 0 Å². The summed E-state index contributed by atoms with van der Waals surface area (Å²) < 4.78 is 0.777. The van der Waals surface area contributed by atoms with E-state index in [0.29, 0.717) is 24.2 Å². The molecule has 0 aliphatic rings. The normalized spacial score (nSPS) is 11.5. The minimum atomic E-state index is -2.81. The Morgan fingerprint density at radius 3 is 1.46 bits per heavy atom. The summed E-state index contributed by atoms with van der Waals surface area (Å²) >= 11 is -2.81. The molecule has 140 valence electrons. The molecule has 0 saturated carbocycles. The van der Waals surface area contributed by atoms with E-state index in [1.54, 1.807) is 48.8 Å². The van der Waals surface area contributed by atoms with Crippen molar-refractivity contribution in [2.45, 2.75) is 11.4 Å². The van der Waals surface area contributed by atoms with Crippen LogP contribution in [0.15, 0.2) is 58.5 Å². The molecule has 2 aromatic carbocycles. The zero-order chi connectivity index (χ0) is 19.4. The number of benzene rings is 2. The standard InChI is InChI=1S/C16H16N2O2.C2H5.3ClH.Sn/c19-15-7-3-1-5-13(15)11-17-9-10-18-12-14-6-2-4-8-16(14)20;1-2;;;;/h1-8,11-12,19-20H,9-10H2;1H2,2H3;3*1H;/q;;;;;+3/p-3. The van der Waals surface area contributed by atoms with E-state index < -0.39 is 15.0 Å². The first kappa shape index (κ1) is 23.1. The average Bonchev–Trinajstić information content (AvgIpc) is 2.61. The Morgan fingerprint density at radius 1 is 0.808 bits per heavy atom. The molecule has 0 aromatic heterocycles. The van der Waals surface area contributed by atoms with Crippen molar-refractivity contribution in [3.8, 4) is 11.5 Å². The first-order valence-corrected chi connectivity index (χ1v) is 20.8. The van der Waals surface area contributed by atoms with E-state index in [9.17, 15) is 10.2 Å². The van der Waals surface area contributed by atoms with Crippen molar-refractivity contribution in [2.24, 2.45) is 9.98 Å². The first-order valence-electron chi connectivity index (χ1n) is 7.96. The summed E-state index contributed by atoms with van der Waals surface area (Å²) in [6, 6.07) is 14.1. The van der Waals surface area contributed by atoms with Gasteiger partial charge in [0.1, 0.15) is 11.5 Å². The zero-order valence-electron chi connectivity index (χ0n) is 14.3. The second kappa shape index (κ2) is 12.4. The Labute approximate surface area is 169 Å². The Bertz CT molecular complexity index is 679. The number of hydrogen-bond acceptors (Lipinski definition) is 4. The molecule has 0 atom stereocenters. The van der Waals surface area contributed by atoms with Gasteiger partial charge < -0.3 is 10.2 Å². The predicted octanol–water partition coefficient (Wildman–Crippen LogP) is 5.30. The van der Waals surface area contributed by atoms with Crippen LogP contribution in [0.3, 0.4) is 0 Å². The molecule has 0 bridgehead atoms. The van der Waals surface area contributed by atoms with Crippen LogP contribution in [-0.2, 0) is 0 Å². The molecule has 0 amide bonds. The third-order valence-electron chi connectivity index (χ3n) is 3.09. The molecule has 0 radical (unpaired) electrons. The topological polar surface area (TPSA) is 65.2 Å². The fourth-order valence-electron chi connectivity index (χ4n) is 1.63. The second-order valence-electron chi connectivity index (χ2n) is 5.16. The molecule has 0 spiro atoms. The first-order chi connectivity index (χ1) is 12.3. The van der Waals surface area contributed by atoms with Gasteiger partial charge in [-0.25, -0.2) is 0 Å². The molecular weight excluding hydrogens is 501 g/mol. The van der Waals surface area contributed by atoms with Gasteiger partial charge in [0.05, 0.1) is 13.1 Å². The van der Waals surface area contributed by atoms with Crippen molar-refractivity contribution in [1.82, 2.24) is 0 Å². The van der Waals surface area contributed by atoms with E-state index in [2.05, 4.69) is 9.98 Å². The molecule has 26 heavy (non-hydrogen) atoms. The summed E-state index contributed by atoms with van der Waals surface area (Å²) in [4.78, 5) is 8.39. The van der Waals surface area contributed by atoms with E-state index in [-0.39, 0.29) is 11.5 Å². The zero-order valence-corrected chi connectivity index (χ0v) is 19.4. The number of nitrogens with zero attached hydrogens (tertiary/aromatic N) is 2. The van der Waals surface area contributed by atoms with Crippen LogP contribution in [0, 0.1) is 0 Å². The molecule has 2 rings (SSSR count). The molecule has 0 aliphatic heterocycles. The minimum absolute atomic E-state index is 0.217. The Kier molecular flexibility index (Phi) is 11.0. The van der Waals surface area contributed by atoms with Crippen LogP contribution in [0.2, 0.25) is 4.44 Å². The number of phenols is 2. The van der Waals surface area contributed by atoms with Crippen LogP contribution < -0.4 is 0 Å². The summed E-state index contributed by atoms with van der Waals surface area (Å²) in [5.74, 6) is 0.433. The molecule has 4 nitrogen and oxygen atoms in total. The van der Waals surface area contributed by atoms with Crippen molar-refractivity contribution in [3.63, 3.8) is 0 Å². The van der Waals surface area contributed by atoms with Gasteiger partial charge in [-0.15, -0.1) is 0 Å². The van der Waals surface area contributed by atoms with Gasteiger partial charge >= 0.3 is 53.1 Å². The number of para-hydroxylation sites is 2. The summed E-state index contributed by atoms with van der Waals surface area (Å²) in [7, 11) is 16.4. The molecule has 0 saturated heterocycles. The molecule has 0 fully saturated rings. The fraction of sp³-hybridized carbons (Fsp3) is 0.222. The Morgan fingerprint density at radius 2 is 1.15 bits per heavy atom. The number of aromatic hydroxyl groups is 2.